The number of aryl methyl sites for hydroxylation is 1. The summed E-state index contributed by atoms with van der Waals surface area (Å²) in [4.78, 5) is 30.0. The average Bonchev–Trinajstić information content (AvgIpc) is 3.19. The highest BCUT2D eigenvalue weighted by Gasteiger charge is 2.34. The molecule has 0 fully saturated rings. The minimum Gasteiger partial charge on any atom is -0.506 e. The Morgan fingerprint density at radius 1 is 1.03 bits per heavy atom. The second-order valence-corrected chi connectivity index (χ2v) is 10.4. The topological polar surface area (TPSA) is 85.2 Å². The minimum absolute atomic E-state index is 0.105. The summed E-state index contributed by atoms with van der Waals surface area (Å²) in [6, 6.07) is 22.6. The molecular formula is C29H24INO5S. The van der Waals surface area contributed by atoms with E-state index in [1.807, 2.05) is 67.6 Å². The number of benzene rings is 3. The Balaban J connectivity index is 1.55. The van der Waals surface area contributed by atoms with Gasteiger partial charge in [0.1, 0.15) is 28.7 Å². The molecule has 4 rings (SSSR count). The first-order valence-electron chi connectivity index (χ1n) is 11.5. The summed E-state index contributed by atoms with van der Waals surface area (Å²) in [6.45, 7) is 4.07. The number of aliphatic hydroxyl groups is 1. The molecule has 0 saturated heterocycles. The number of hydrogen-bond donors (Lipinski definition) is 1. The highest BCUT2D eigenvalue weighted by atomic mass is 127. The van der Waals surface area contributed by atoms with Gasteiger partial charge in [-0.25, -0.2) is 9.79 Å². The maximum atomic E-state index is 12.8. The number of nitrogens with zero attached hydrogens (tertiary/aromatic N) is 1. The summed E-state index contributed by atoms with van der Waals surface area (Å²) in [5, 5.41) is 11.0. The zero-order valence-electron chi connectivity index (χ0n) is 20.2. The van der Waals surface area contributed by atoms with Crippen molar-refractivity contribution in [3.8, 4) is 5.75 Å². The molecule has 3 aromatic carbocycles. The van der Waals surface area contributed by atoms with Gasteiger partial charge in [0.25, 0.3) is 5.91 Å². The van der Waals surface area contributed by atoms with Gasteiger partial charge >= 0.3 is 5.97 Å². The zero-order chi connectivity index (χ0) is 26.4. The second-order valence-electron chi connectivity index (χ2n) is 8.08. The van der Waals surface area contributed by atoms with Gasteiger partial charge in [-0.3, -0.25) is 4.79 Å². The lowest BCUT2D eigenvalue weighted by Crippen LogP contribution is -2.14. The summed E-state index contributed by atoms with van der Waals surface area (Å²) in [5.74, 6) is -0.783. The van der Waals surface area contributed by atoms with Gasteiger partial charge in [0.2, 0.25) is 0 Å². The minimum atomic E-state index is -0.730. The molecule has 0 aliphatic carbocycles. The van der Waals surface area contributed by atoms with Gasteiger partial charge < -0.3 is 14.6 Å². The maximum absolute atomic E-state index is 12.8. The van der Waals surface area contributed by atoms with Crippen LogP contribution in [0.5, 0.6) is 5.75 Å². The second kappa shape index (κ2) is 12.2. The summed E-state index contributed by atoms with van der Waals surface area (Å²) in [6.07, 6.45) is 1.73. The monoisotopic (exact) mass is 625 g/mol. The molecule has 1 amide bonds. The number of carbonyl (C=O) groups is 2. The Hall–Kier alpha value is -3.37. The smallest absolute Gasteiger partial charge is 0.344 e. The number of amides is 1. The number of esters is 1. The molecule has 0 radical (unpaired) electrons. The van der Waals surface area contributed by atoms with Crippen LogP contribution in [0.1, 0.15) is 34.0 Å². The molecule has 1 aliphatic rings. The molecular weight excluding hydrogens is 601 g/mol. The van der Waals surface area contributed by atoms with Gasteiger partial charge in [-0.05, 0) is 89.5 Å². The molecule has 1 heterocycles. The normalized spacial score (nSPS) is 15.3. The van der Waals surface area contributed by atoms with E-state index >= 15 is 0 Å². The van der Waals surface area contributed by atoms with E-state index in [-0.39, 0.29) is 23.0 Å². The van der Waals surface area contributed by atoms with E-state index in [1.54, 1.807) is 25.1 Å². The van der Waals surface area contributed by atoms with Gasteiger partial charge in [0.05, 0.1) is 11.5 Å². The van der Waals surface area contributed by atoms with E-state index < -0.39 is 11.9 Å². The number of thioether (sulfide) groups is 1. The fraction of sp³-hybridized carbons (Fsp3) is 0.138. The number of aliphatic imine (C=N–C) groups is 1. The molecule has 0 spiro atoms. The van der Waals surface area contributed by atoms with Crippen molar-refractivity contribution in [1.29, 1.82) is 0 Å². The number of rotatable bonds is 7. The number of carbonyl (C=O) groups excluding carboxylic acids is 2. The van der Waals surface area contributed by atoms with E-state index in [9.17, 15) is 14.7 Å². The molecule has 1 N–H and O–H groups in total. The molecule has 8 heteroatoms. The van der Waals surface area contributed by atoms with Crippen LogP contribution in [0.3, 0.4) is 0 Å². The van der Waals surface area contributed by atoms with Crippen molar-refractivity contribution in [2.24, 2.45) is 4.99 Å². The average molecular weight is 625 g/mol. The quantitative estimate of drug-likeness (QED) is 0.228. The highest BCUT2D eigenvalue weighted by molar-refractivity contribution is 14.1. The Morgan fingerprint density at radius 2 is 1.73 bits per heavy atom. The van der Waals surface area contributed by atoms with Crippen LogP contribution < -0.4 is 4.74 Å². The highest BCUT2D eigenvalue weighted by Crippen LogP contribution is 2.39. The predicted molar refractivity (Wildman–Crippen MR) is 155 cm³/mol. The lowest BCUT2D eigenvalue weighted by Gasteiger charge is -2.07. The van der Waals surface area contributed by atoms with Crippen molar-refractivity contribution in [2.75, 3.05) is 6.61 Å². The van der Waals surface area contributed by atoms with Crippen LogP contribution >= 0.6 is 34.4 Å². The lowest BCUT2D eigenvalue weighted by atomic mass is 10.1. The Bertz CT molecular complexity index is 1410. The molecule has 0 atom stereocenters. The predicted octanol–water partition coefficient (Wildman–Crippen LogP) is 6.88. The third kappa shape index (κ3) is 6.69. The fourth-order valence-corrected chi connectivity index (χ4v) is 4.89. The first-order chi connectivity index (χ1) is 17.9. The molecule has 3 aromatic rings. The Labute approximate surface area is 233 Å². The molecule has 0 saturated carbocycles. The first kappa shape index (κ1) is 26.7. The van der Waals surface area contributed by atoms with Crippen LogP contribution in [0.2, 0.25) is 0 Å². The third-order valence-electron chi connectivity index (χ3n) is 5.45. The standard InChI is InChI=1S/C29H24INO5S/c1-3-35-29(34)25-26(32)24(37-28(25)31-27(33)23-7-5-4-6-18(23)2)16-19-10-14-22(15-11-19)36-17-20-8-12-21(30)13-9-20/h4-16,32H,3,17H2,1-2H3/b24-16-,31-28?. The van der Waals surface area contributed by atoms with E-state index in [0.717, 1.165) is 28.5 Å². The number of ether oxygens (including phenoxy) is 2. The van der Waals surface area contributed by atoms with Crippen molar-refractivity contribution < 1.29 is 24.2 Å². The molecule has 0 bridgehead atoms. The lowest BCUT2D eigenvalue weighted by molar-refractivity contribution is -0.138. The summed E-state index contributed by atoms with van der Waals surface area (Å²) >= 11 is 3.31. The van der Waals surface area contributed by atoms with Crippen LogP contribution in [-0.2, 0) is 16.1 Å². The van der Waals surface area contributed by atoms with Crippen LogP contribution in [0.15, 0.2) is 94.0 Å². The van der Waals surface area contributed by atoms with Crippen molar-refractivity contribution in [1.82, 2.24) is 0 Å². The van der Waals surface area contributed by atoms with E-state index in [1.165, 1.54) is 3.57 Å². The molecule has 0 unspecified atom stereocenters. The first-order valence-corrected chi connectivity index (χ1v) is 13.4. The van der Waals surface area contributed by atoms with Crippen LogP contribution in [0.4, 0.5) is 0 Å². The zero-order valence-corrected chi connectivity index (χ0v) is 23.2. The third-order valence-corrected chi connectivity index (χ3v) is 7.18. The molecule has 37 heavy (non-hydrogen) atoms. The fourth-order valence-electron chi connectivity index (χ4n) is 3.52. The number of halogens is 1. The van der Waals surface area contributed by atoms with Gasteiger partial charge in [-0.1, -0.05) is 54.2 Å². The van der Waals surface area contributed by atoms with E-state index in [0.29, 0.717) is 22.8 Å². The molecule has 6 nitrogen and oxygen atoms in total. The Morgan fingerprint density at radius 3 is 2.41 bits per heavy atom. The van der Waals surface area contributed by atoms with Crippen molar-refractivity contribution in [2.45, 2.75) is 20.5 Å². The van der Waals surface area contributed by atoms with Crippen LogP contribution in [0.25, 0.3) is 6.08 Å². The van der Waals surface area contributed by atoms with Gasteiger partial charge in [0.15, 0.2) is 0 Å². The number of hydrogen-bond acceptors (Lipinski definition) is 6. The van der Waals surface area contributed by atoms with E-state index in [4.69, 9.17) is 9.47 Å². The van der Waals surface area contributed by atoms with Crippen molar-refractivity contribution in [3.63, 3.8) is 0 Å². The van der Waals surface area contributed by atoms with E-state index in [2.05, 4.69) is 27.6 Å². The SMILES string of the molecule is CCOC(=O)C1=C(O)/C(=C/c2ccc(OCc3ccc(I)cc3)cc2)SC1=NC(=O)c1ccccc1C. The van der Waals surface area contributed by atoms with Gasteiger partial charge in [-0.15, -0.1) is 0 Å². The van der Waals surface area contributed by atoms with Gasteiger partial charge in [-0.2, -0.15) is 0 Å². The van der Waals surface area contributed by atoms with Crippen LogP contribution in [0, 0.1) is 10.5 Å². The van der Waals surface area contributed by atoms with Crippen molar-refractivity contribution >= 4 is 57.3 Å². The number of aliphatic hydroxyl groups excluding tert-OH is 1. The van der Waals surface area contributed by atoms with Crippen molar-refractivity contribution in [3.05, 3.63) is 115 Å². The summed E-state index contributed by atoms with van der Waals surface area (Å²) in [7, 11) is 0. The molecule has 0 aromatic heterocycles. The molecule has 188 valence electrons. The maximum Gasteiger partial charge on any atom is 0.344 e. The summed E-state index contributed by atoms with van der Waals surface area (Å²) < 4.78 is 12.1. The largest absolute Gasteiger partial charge is 0.506 e. The summed E-state index contributed by atoms with van der Waals surface area (Å²) in [5.41, 5.74) is 2.94. The van der Waals surface area contributed by atoms with Gasteiger partial charge in [0, 0.05) is 9.13 Å². The molecule has 1 aliphatic heterocycles. The Kier molecular flexibility index (Phi) is 8.83. The van der Waals surface area contributed by atoms with Crippen LogP contribution in [-0.4, -0.2) is 28.6 Å².